The van der Waals surface area contributed by atoms with E-state index in [1.807, 2.05) is 25.1 Å². The van der Waals surface area contributed by atoms with E-state index in [1.54, 1.807) is 6.20 Å². The normalized spacial score (nSPS) is 15.9. The molecule has 2 heterocycles. The molecule has 1 aromatic carbocycles. The first-order valence-corrected chi connectivity index (χ1v) is 10.2. The van der Waals surface area contributed by atoms with E-state index in [2.05, 4.69) is 49.7 Å². The fraction of sp³-hybridized carbons (Fsp3) is 0.429. The quantitative estimate of drug-likeness (QED) is 0.690. The Morgan fingerprint density at radius 3 is 2.74 bits per heavy atom. The van der Waals surface area contributed by atoms with Gasteiger partial charge < -0.3 is 15.4 Å². The van der Waals surface area contributed by atoms with E-state index in [0.717, 1.165) is 49.3 Å². The van der Waals surface area contributed by atoms with Crippen LogP contribution in [0, 0.1) is 0 Å². The van der Waals surface area contributed by atoms with Crippen molar-refractivity contribution in [3.8, 4) is 0 Å². The molecule has 1 amide bonds. The zero-order valence-electron chi connectivity index (χ0n) is 15.6. The highest BCUT2D eigenvalue weighted by Crippen LogP contribution is 2.36. The largest absolute Gasteiger partial charge is 0.381 e. The van der Waals surface area contributed by atoms with Crippen LogP contribution in [0.25, 0.3) is 0 Å². The molecule has 6 heteroatoms. The molecule has 3 rings (SSSR count). The van der Waals surface area contributed by atoms with E-state index >= 15 is 0 Å². The average Bonchev–Trinajstić information content (AvgIpc) is 2.71. The molecule has 1 aliphatic rings. The lowest BCUT2D eigenvalue weighted by atomic mass is 9.74. The molecular weight excluding hydrogens is 406 g/mol. The van der Waals surface area contributed by atoms with Crippen molar-refractivity contribution < 1.29 is 9.53 Å². The summed E-state index contributed by atoms with van der Waals surface area (Å²) in [4.78, 5) is 16.4. The SMILES string of the molecule is CCCNC(=O)c1ccc(NCC2(c3cccc(Br)c3)CCOCC2)nc1. The molecule has 0 radical (unpaired) electrons. The van der Waals surface area contributed by atoms with Gasteiger partial charge in [0.2, 0.25) is 0 Å². The lowest BCUT2D eigenvalue weighted by Crippen LogP contribution is -2.40. The van der Waals surface area contributed by atoms with E-state index in [4.69, 9.17) is 4.74 Å². The number of benzene rings is 1. The van der Waals surface area contributed by atoms with Gasteiger partial charge in [0.15, 0.2) is 0 Å². The molecule has 1 aromatic heterocycles. The van der Waals surface area contributed by atoms with Crippen molar-refractivity contribution in [3.05, 3.63) is 58.2 Å². The maximum atomic E-state index is 12.0. The van der Waals surface area contributed by atoms with E-state index in [1.165, 1.54) is 5.56 Å². The molecule has 1 saturated heterocycles. The Morgan fingerprint density at radius 1 is 1.26 bits per heavy atom. The summed E-state index contributed by atoms with van der Waals surface area (Å²) in [6, 6.07) is 12.2. The second-order valence-electron chi connectivity index (χ2n) is 6.94. The summed E-state index contributed by atoms with van der Waals surface area (Å²) in [6.45, 7) is 5.01. The van der Waals surface area contributed by atoms with Crippen LogP contribution in [0.3, 0.4) is 0 Å². The van der Waals surface area contributed by atoms with Crippen molar-refractivity contribution in [1.29, 1.82) is 0 Å². The summed E-state index contributed by atoms with van der Waals surface area (Å²) >= 11 is 3.59. The third-order valence-corrected chi connectivity index (χ3v) is 5.55. The highest BCUT2D eigenvalue weighted by molar-refractivity contribution is 9.10. The maximum absolute atomic E-state index is 12.0. The third-order valence-electron chi connectivity index (χ3n) is 5.06. The molecule has 0 bridgehead atoms. The Balaban J connectivity index is 1.70. The van der Waals surface area contributed by atoms with Gasteiger partial charge in [-0.25, -0.2) is 4.98 Å². The van der Waals surface area contributed by atoms with Crippen LogP contribution in [-0.2, 0) is 10.2 Å². The van der Waals surface area contributed by atoms with Gasteiger partial charge in [-0.3, -0.25) is 4.79 Å². The number of ether oxygens (including phenoxy) is 1. The van der Waals surface area contributed by atoms with Crippen molar-refractivity contribution in [2.45, 2.75) is 31.6 Å². The molecule has 1 aliphatic heterocycles. The fourth-order valence-electron chi connectivity index (χ4n) is 3.38. The van der Waals surface area contributed by atoms with Gasteiger partial charge >= 0.3 is 0 Å². The molecule has 144 valence electrons. The van der Waals surface area contributed by atoms with Crippen molar-refractivity contribution >= 4 is 27.7 Å². The number of carbonyl (C=O) groups is 1. The van der Waals surface area contributed by atoms with Crippen LogP contribution in [-0.4, -0.2) is 37.2 Å². The first-order chi connectivity index (χ1) is 13.1. The van der Waals surface area contributed by atoms with Gasteiger partial charge in [-0.05, 0) is 49.1 Å². The van der Waals surface area contributed by atoms with E-state index in [-0.39, 0.29) is 11.3 Å². The Labute approximate surface area is 169 Å². The number of pyridine rings is 1. The lowest BCUT2D eigenvalue weighted by molar-refractivity contribution is 0.0543. The molecule has 2 aromatic rings. The fourth-order valence-corrected chi connectivity index (χ4v) is 3.78. The zero-order valence-corrected chi connectivity index (χ0v) is 17.2. The molecule has 0 aliphatic carbocycles. The Bertz CT molecular complexity index is 758. The van der Waals surface area contributed by atoms with E-state index < -0.39 is 0 Å². The van der Waals surface area contributed by atoms with E-state index in [9.17, 15) is 4.79 Å². The second-order valence-corrected chi connectivity index (χ2v) is 7.86. The third kappa shape index (κ3) is 5.08. The minimum Gasteiger partial charge on any atom is -0.381 e. The molecule has 1 fully saturated rings. The van der Waals surface area contributed by atoms with Gasteiger partial charge in [-0.15, -0.1) is 0 Å². The number of halogens is 1. The molecule has 0 saturated carbocycles. The number of hydrogen-bond donors (Lipinski definition) is 2. The number of carbonyl (C=O) groups excluding carboxylic acids is 1. The van der Waals surface area contributed by atoms with Crippen LogP contribution in [0.2, 0.25) is 0 Å². The standard InChI is InChI=1S/C21H26BrN3O2/c1-2-10-23-20(26)16-6-7-19(24-14-16)25-15-21(8-11-27-12-9-21)17-4-3-5-18(22)13-17/h3-7,13-14H,2,8-12,15H2,1H3,(H,23,26)(H,24,25). The predicted octanol–water partition coefficient (Wildman–Crippen LogP) is 4.14. The zero-order chi connectivity index (χ0) is 19.1. The van der Waals surface area contributed by atoms with Crippen molar-refractivity contribution in [2.24, 2.45) is 0 Å². The minimum atomic E-state index is -0.0778. The number of hydrogen-bond acceptors (Lipinski definition) is 4. The van der Waals surface area contributed by atoms with Crippen LogP contribution in [0.4, 0.5) is 5.82 Å². The first-order valence-electron chi connectivity index (χ1n) is 9.45. The van der Waals surface area contributed by atoms with Gasteiger partial charge in [0.25, 0.3) is 5.91 Å². The Kier molecular flexibility index (Phi) is 6.85. The van der Waals surface area contributed by atoms with Gasteiger partial charge in [0.05, 0.1) is 5.56 Å². The number of rotatable bonds is 7. The van der Waals surface area contributed by atoms with Crippen molar-refractivity contribution in [1.82, 2.24) is 10.3 Å². The smallest absolute Gasteiger partial charge is 0.252 e. The molecular formula is C21H26BrN3O2. The van der Waals surface area contributed by atoms with Crippen molar-refractivity contribution in [2.75, 3.05) is 31.6 Å². The van der Waals surface area contributed by atoms with Gasteiger partial charge in [0.1, 0.15) is 5.82 Å². The monoisotopic (exact) mass is 431 g/mol. The van der Waals surface area contributed by atoms with Gasteiger partial charge in [-0.1, -0.05) is 35.0 Å². The molecule has 0 spiro atoms. The summed E-state index contributed by atoms with van der Waals surface area (Å²) in [7, 11) is 0. The van der Waals surface area contributed by atoms with Crippen LogP contribution in [0.1, 0.15) is 42.1 Å². The van der Waals surface area contributed by atoms with E-state index in [0.29, 0.717) is 12.1 Å². The molecule has 5 nitrogen and oxygen atoms in total. The Morgan fingerprint density at radius 2 is 2.07 bits per heavy atom. The summed E-state index contributed by atoms with van der Waals surface area (Å²) in [5.41, 5.74) is 1.91. The molecule has 0 unspecified atom stereocenters. The molecule has 0 atom stereocenters. The van der Waals surface area contributed by atoms with Crippen LogP contribution >= 0.6 is 15.9 Å². The number of nitrogens with one attached hydrogen (secondary N) is 2. The van der Waals surface area contributed by atoms with Crippen LogP contribution in [0.15, 0.2) is 47.1 Å². The highest BCUT2D eigenvalue weighted by Gasteiger charge is 2.34. The second kappa shape index (κ2) is 9.33. The van der Waals surface area contributed by atoms with Gasteiger partial charge in [0, 0.05) is 42.4 Å². The van der Waals surface area contributed by atoms with Crippen molar-refractivity contribution in [3.63, 3.8) is 0 Å². The topological polar surface area (TPSA) is 63.2 Å². The minimum absolute atomic E-state index is 0.0148. The summed E-state index contributed by atoms with van der Waals surface area (Å²) in [5, 5.41) is 6.34. The Hall–Kier alpha value is -1.92. The maximum Gasteiger partial charge on any atom is 0.252 e. The number of anilines is 1. The van der Waals surface area contributed by atoms with Crippen LogP contribution < -0.4 is 10.6 Å². The average molecular weight is 432 g/mol. The summed E-state index contributed by atoms with van der Waals surface area (Å²) in [6.07, 6.45) is 4.48. The highest BCUT2D eigenvalue weighted by atomic mass is 79.9. The van der Waals surface area contributed by atoms with Gasteiger partial charge in [-0.2, -0.15) is 0 Å². The predicted molar refractivity (Wildman–Crippen MR) is 111 cm³/mol. The number of nitrogens with zero attached hydrogens (tertiary/aromatic N) is 1. The number of amides is 1. The number of aromatic nitrogens is 1. The van der Waals surface area contributed by atoms with Crippen LogP contribution in [0.5, 0.6) is 0 Å². The first kappa shape index (κ1) is 19.8. The lowest BCUT2D eigenvalue weighted by Gasteiger charge is -2.38. The molecule has 2 N–H and O–H groups in total. The summed E-state index contributed by atoms with van der Waals surface area (Å²) < 4.78 is 6.69. The summed E-state index contributed by atoms with van der Waals surface area (Å²) in [5.74, 6) is 0.703. The molecule has 27 heavy (non-hydrogen) atoms.